The number of rotatable bonds is 4. The maximum atomic E-state index is 12.1. The van der Waals surface area contributed by atoms with Crippen molar-refractivity contribution in [1.29, 1.82) is 0 Å². The number of carbonyl (C=O) groups is 1. The second-order valence-corrected chi connectivity index (χ2v) is 5.17. The van der Waals surface area contributed by atoms with E-state index in [0.717, 1.165) is 38.9 Å². The van der Waals surface area contributed by atoms with Crippen molar-refractivity contribution >= 4 is 18.3 Å². The molecule has 4 nitrogen and oxygen atoms in total. The Labute approximate surface area is 116 Å². The molecule has 2 heterocycles. The van der Waals surface area contributed by atoms with E-state index in [1.54, 1.807) is 7.11 Å². The average molecular weight is 277 g/mol. The normalized spacial score (nSPS) is 27.9. The van der Waals surface area contributed by atoms with E-state index in [9.17, 15) is 4.79 Å². The van der Waals surface area contributed by atoms with Crippen LogP contribution < -0.4 is 5.32 Å². The summed E-state index contributed by atoms with van der Waals surface area (Å²) in [5.41, 5.74) is 0. The number of nitrogens with zero attached hydrogens (tertiary/aromatic N) is 1. The summed E-state index contributed by atoms with van der Waals surface area (Å²) in [6.07, 6.45) is 6.58. The van der Waals surface area contributed by atoms with Crippen molar-refractivity contribution in [2.24, 2.45) is 0 Å². The molecule has 106 valence electrons. The molecule has 2 saturated heterocycles. The summed E-state index contributed by atoms with van der Waals surface area (Å²) in [6.45, 7) is 2.82. The fourth-order valence-electron chi connectivity index (χ4n) is 2.82. The second-order valence-electron chi connectivity index (χ2n) is 5.17. The van der Waals surface area contributed by atoms with Gasteiger partial charge in [0, 0.05) is 32.7 Å². The van der Waals surface area contributed by atoms with Crippen LogP contribution in [0, 0.1) is 0 Å². The van der Waals surface area contributed by atoms with E-state index < -0.39 is 0 Å². The van der Waals surface area contributed by atoms with Gasteiger partial charge in [-0.3, -0.25) is 4.79 Å². The molecule has 18 heavy (non-hydrogen) atoms. The van der Waals surface area contributed by atoms with E-state index in [4.69, 9.17) is 4.74 Å². The predicted molar refractivity (Wildman–Crippen MR) is 74.1 cm³/mol. The number of piperidine rings is 1. The van der Waals surface area contributed by atoms with Gasteiger partial charge in [-0.1, -0.05) is 0 Å². The van der Waals surface area contributed by atoms with Crippen LogP contribution in [-0.4, -0.2) is 49.7 Å². The monoisotopic (exact) mass is 276 g/mol. The van der Waals surface area contributed by atoms with E-state index in [0.29, 0.717) is 18.4 Å². The molecular formula is C13H25ClN2O2. The third-order valence-corrected chi connectivity index (χ3v) is 3.93. The maximum absolute atomic E-state index is 12.1. The first-order valence-electron chi connectivity index (χ1n) is 6.83. The molecule has 2 unspecified atom stereocenters. The van der Waals surface area contributed by atoms with Crippen LogP contribution in [-0.2, 0) is 9.53 Å². The van der Waals surface area contributed by atoms with Crippen molar-refractivity contribution in [2.75, 3.05) is 26.7 Å². The second kappa shape index (κ2) is 7.97. The lowest BCUT2D eigenvalue weighted by Crippen LogP contribution is -2.43. The highest BCUT2D eigenvalue weighted by Gasteiger charge is 2.24. The van der Waals surface area contributed by atoms with Crippen LogP contribution in [0.2, 0.25) is 0 Å². The first-order valence-corrected chi connectivity index (χ1v) is 6.83. The summed E-state index contributed by atoms with van der Waals surface area (Å²) >= 11 is 0. The van der Waals surface area contributed by atoms with Crippen molar-refractivity contribution < 1.29 is 9.53 Å². The van der Waals surface area contributed by atoms with Gasteiger partial charge in [0.05, 0.1) is 6.10 Å². The van der Waals surface area contributed by atoms with E-state index in [1.165, 1.54) is 12.8 Å². The molecule has 2 rings (SSSR count). The number of likely N-dealkylation sites (tertiary alicyclic amines) is 1. The molecule has 2 aliphatic rings. The number of carbonyl (C=O) groups excluding carboxylic acids is 1. The lowest BCUT2D eigenvalue weighted by atomic mass is 10.1. The number of ether oxygens (including phenoxy) is 1. The van der Waals surface area contributed by atoms with Gasteiger partial charge >= 0.3 is 0 Å². The number of hydrogen-bond donors (Lipinski definition) is 1. The Balaban J connectivity index is 0.00000162. The number of methoxy groups -OCH3 is 1. The molecule has 1 N–H and O–H groups in total. The van der Waals surface area contributed by atoms with Gasteiger partial charge in [0.2, 0.25) is 5.91 Å². The highest BCUT2D eigenvalue weighted by atomic mass is 35.5. The minimum atomic E-state index is 0. The summed E-state index contributed by atoms with van der Waals surface area (Å²) in [7, 11) is 1.74. The minimum absolute atomic E-state index is 0. The van der Waals surface area contributed by atoms with Crippen LogP contribution in [0.25, 0.3) is 0 Å². The van der Waals surface area contributed by atoms with Gasteiger partial charge in [-0.25, -0.2) is 0 Å². The zero-order valence-electron chi connectivity index (χ0n) is 11.2. The summed E-state index contributed by atoms with van der Waals surface area (Å²) in [6, 6.07) is 0.571. The van der Waals surface area contributed by atoms with Crippen molar-refractivity contribution in [3.63, 3.8) is 0 Å². The third-order valence-electron chi connectivity index (χ3n) is 3.93. The molecular weight excluding hydrogens is 252 g/mol. The topological polar surface area (TPSA) is 41.6 Å². The highest BCUT2D eigenvalue weighted by Crippen LogP contribution is 2.16. The number of amides is 1. The molecule has 0 aliphatic carbocycles. The molecule has 2 aliphatic heterocycles. The minimum Gasteiger partial charge on any atom is -0.380 e. The van der Waals surface area contributed by atoms with Crippen molar-refractivity contribution in [1.82, 2.24) is 10.2 Å². The molecule has 0 aromatic heterocycles. The summed E-state index contributed by atoms with van der Waals surface area (Å²) in [4.78, 5) is 14.0. The lowest BCUT2D eigenvalue weighted by molar-refractivity contribution is -0.134. The zero-order chi connectivity index (χ0) is 12.1. The first kappa shape index (κ1) is 15.7. The van der Waals surface area contributed by atoms with Crippen LogP contribution in [0.3, 0.4) is 0 Å². The fraction of sp³-hybridized carbons (Fsp3) is 0.923. The van der Waals surface area contributed by atoms with Crippen LogP contribution in [0.15, 0.2) is 0 Å². The van der Waals surface area contributed by atoms with Gasteiger partial charge in [-0.05, 0) is 38.6 Å². The van der Waals surface area contributed by atoms with E-state index in [1.807, 2.05) is 4.90 Å². The Hall–Kier alpha value is -0.320. The van der Waals surface area contributed by atoms with Crippen molar-refractivity contribution in [2.45, 2.75) is 50.7 Å². The Bertz CT molecular complexity index is 257. The van der Waals surface area contributed by atoms with Crippen LogP contribution >= 0.6 is 12.4 Å². The largest absolute Gasteiger partial charge is 0.380 e. The summed E-state index contributed by atoms with van der Waals surface area (Å²) < 4.78 is 5.34. The van der Waals surface area contributed by atoms with Crippen molar-refractivity contribution in [3.05, 3.63) is 0 Å². The smallest absolute Gasteiger partial charge is 0.222 e. The number of nitrogens with one attached hydrogen (secondary N) is 1. The Morgan fingerprint density at radius 2 is 2.22 bits per heavy atom. The third kappa shape index (κ3) is 4.41. The van der Waals surface area contributed by atoms with Crippen LogP contribution in [0.4, 0.5) is 0 Å². The molecule has 0 bridgehead atoms. The van der Waals surface area contributed by atoms with Gasteiger partial charge in [0.15, 0.2) is 0 Å². The highest BCUT2D eigenvalue weighted by molar-refractivity contribution is 5.85. The quantitative estimate of drug-likeness (QED) is 0.848. The van der Waals surface area contributed by atoms with Crippen molar-refractivity contribution in [3.8, 4) is 0 Å². The predicted octanol–water partition coefficient (Wildman–Crippen LogP) is 1.58. The Kier molecular flexibility index (Phi) is 6.97. The summed E-state index contributed by atoms with van der Waals surface area (Å²) in [5, 5.41) is 3.44. The average Bonchev–Trinajstić information content (AvgIpc) is 2.89. The van der Waals surface area contributed by atoms with E-state index >= 15 is 0 Å². The summed E-state index contributed by atoms with van der Waals surface area (Å²) in [5.74, 6) is 0.306. The van der Waals surface area contributed by atoms with Gasteiger partial charge in [-0.2, -0.15) is 0 Å². The number of hydrogen-bond acceptors (Lipinski definition) is 3. The lowest BCUT2D eigenvalue weighted by Gasteiger charge is -2.32. The molecule has 0 saturated carbocycles. The molecule has 0 aromatic carbocycles. The molecule has 0 spiro atoms. The molecule has 0 radical (unpaired) electrons. The maximum Gasteiger partial charge on any atom is 0.222 e. The first-order chi connectivity index (χ1) is 8.29. The van der Waals surface area contributed by atoms with E-state index in [2.05, 4.69) is 5.32 Å². The zero-order valence-corrected chi connectivity index (χ0v) is 12.0. The van der Waals surface area contributed by atoms with E-state index in [-0.39, 0.29) is 18.5 Å². The molecule has 0 aromatic rings. The van der Waals surface area contributed by atoms with Gasteiger partial charge in [0.1, 0.15) is 0 Å². The molecule has 5 heteroatoms. The molecule has 2 atom stereocenters. The Morgan fingerprint density at radius 1 is 1.39 bits per heavy atom. The van der Waals surface area contributed by atoms with Gasteiger partial charge in [-0.15, -0.1) is 12.4 Å². The Morgan fingerprint density at radius 3 is 2.89 bits per heavy atom. The van der Waals surface area contributed by atoms with Gasteiger partial charge < -0.3 is 15.0 Å². The molecule has 1 amide bonds. The number of halogens is 1. The standard InChI is InChI=1S/C13H24N2O2.ClH/c1-17-12-5-3-9-15(10-12)13(16)7-6-11-4-2-8-14-11;/h11-12,14H,2-10H2,1H3;1H. The van der Waals surface area contributed by atoms with Gasteiger partial charge in [0.25, 0.3) is 0 Å². The van der Waals surface area contributed by atoms with Crippen LogP contribution in [0.5, 0.6) is 0 Å². The van der Waals surface area contributed by atoms with Crippen LogP contribution in [0.1, 0.15) is 38.5 Å². The SMILES string of the molecule is COC1CCCN(C(=O)CCC2CCCN2)C1.Cl. The fourth-order valence-corrected chi connectivity index (χ4v) is 2.82. The molecule has 2 fully saturated rings.